The normalized spacial score (nSPS) is 11.9. The molecule has 5 nitrogen and oxygen atoms in total. The molecule has 1 heterocycles. The molecular formula is C20H20FN3O2. The number of aryl methyl sites for hydroxylation is 1. The fraction of sp³-hybridized carbons (Fsp3) is 0.200. The first-order valence-corrected chi connectivity index (χ1v) is 8.39. The van der Waals surface area contributed by atoms with Crippen molar-refractivity contribution < 1.29 is 14.3 Å². The zero-order chi connectivity index (χ0) is 18.5. The maximum Gasteiger partial charge on any atom is 0.220 e. The summed E-state index contributed by atoms with van der Waals surface area (Å²) in [6.07, 6.45) is 4.18. The van der Waals surface area contributed by atoms with Crippen LogP contribution >= 0.6 is 0 Å². The number of nitrogens with one attached hydrogen (secondary N) is 1. The van der Waals surface area contributed by atoms with Gasteiger partial charge < -0.3 is 10.4 Å². The van der Waals surface area contributed by atoms with Crippen LogP contribution in [-0.2, 0) is 11.2 Å². The third-order valence-corrected chi connectivity index (χ3v) is 4.13. The second kappa shape index (κ2) is 7.82. The lowest BCUT2D eigenvalue weighted by atomic mass is 10.1. The van der Waals surface area contributed by atoms with Gasteiger partial charge in [0.05, 0.1) is 12.2 Å². The lowest BCUT2D eigenvalue weighted by Crippen LogP contribution is -2.26. The van der Waals surface area contributed by atoms with Crippen molar-refractivity contribution in [1.29, 1.82) is 0 Å². The molecule has 0 saturated heterocycles. The number of phenols is 1. The molecule has 0 bridgehead atoms. The number of aromatic nitrogens is 2. The van der Waals surface area contributed by atoms with Crippen molar-refractivity contribution in [1.82, 2.24) is 15.1 Å². The summed E-state index contributed by atoms with van der Waals surface area (Å²) in [6, 6.07) is 13.0. The Kier molecular flexibility index (Phi) is 5.31. The smallest absolute Gasteiger partial charge is 0.220 e. The highest BCUT2D eigenvalue weighted by atomic mass is 19.1. The monoisotopic (exact) mass is 353 g/mol. The molecule has 1 atom stereocenters. The maximum atomic E-state index is 13.8. The van der Waals surface area contributed by atoms with Crippen LogP contribution in [0.3, 0.4) is 0 Å². The minimum Gasteiger partial charge on any atom is -0.508 e. The zero-order valence-corrected chi connectivity index (χ0v) is 14.4. The first-order valence-electron chi connectivity index (χ1n) is 8.39. The average molecular weight is 353 g/mol. The van der Waals surface area contributed by atoms with Crippen molar-refractivity contribution in [2.75, 3.05) is 0 Å². The molecule has 0 spiro atoms. The van der Waals surface area contributed by atoms with Gasteiger partial charge in [0.25, 0.3) is 0 Å². The lowest BCUT2D eigenvalue weighted by Gasteiger charge is -2.12. The van der Waals surface area contributed by atoms with E-state index in [0.29, 0.717) is 18.5 Å². The Morgan fingerprint density at radius 3 is 2.85 bits per heavy atom. The van der Waals surface area contributed by atoms with Crippen LogP contribution < -0.4 is 5.32 Å². The highest BCUT2D eigenvalue weighted by Gasteiger charge is 2.13. The van der Waals surface area contributed by atoms with Crippen molar-refractivity contribution in [3.05, 3.63) is 77.9 Å². The first kappa shape index (κ1) is 17.7. The molecular weight excluding hydrogens is 333 g/mol. The van der Waals surface area contributed by atoms with Gasteiger partial charge in [0, 0.05) is 18.2 Å². The number of rotatable bonds is 6. The Labute approximate surface area is 151 Å². The minimum absolute atomic E-state index is 0.0977. The van der Waals surface area contributed by atoms with Gasteiger partial charge in [-0.2, -0.15) is 5.10 Å². The van der Waals surface area contributed by atoms with E-state index >= 15 is 0 Å². The highest BCUT2D eigenvalue weighted by molar-refractivity contribution is 5.76. The SMILES string of the molecule is C[C@@H](NC(=O)CCc1cccc(O)c1)c1cnn(-c2ccccc2F)c1. The van der Waals surface area contributed by atoms with E-state index in [-0.39, 0.29) is 23.5 Å². The van der Waals surface area contributed by atoms with Crippen LogP contribution in [0.4, 0.5) is 4.39 Å². The number of hydrogen-bond acceptors (Lipinski definition) is 3. The fourth-order valence-electron chi connectivity index (χ4n) is 2.70. The molecule has 3 aromatic rings. The van der Waals surface area contributed by atoms with E-state index in [9.17, 15) is 14.3 Å². The average Bonchev–Trinajstić information content (AvgIpc) is 3.10. The van der Waals surface area contributed by atoms with E-state index < -0.39 is 0 Å². The molecule has 2 N–H and O–H groups in total. The predicted octanol–water partition coefficient (Wildman–Crippen LogP) is 3.53. The second-order valence-electron chi connectivity index (χ2n) is 6.13. The first-order chi connectivity index (χ1) is 12.5. The van der Waals surface area contributed by atoms with Gasteiger partial charge in [-0.05, 0) is 43.2 Å². The predicted molar refractivity (Wildman–Crippen MR) is 96.5 cm³/mol. The molecule has 3 rings (SSSR count). The van der Waals surface area contributed by atoms with E-state index in [0.717, 1.165) is 11.1 Å². The molecule has 0 radical (unpaired) electrons. The number of carbonyl (C=O) groups is 1. The summed E-state index contributed by atoms with van der Waals surface area (Å²) < 4.78 is 15.3. The summed E-state index contributed by atoms with van der Waals surface area (Å²) in [4.78, 5) is 12.2. The molecule has 0 aliphatic rings. The van der Waals surface area contributed by atoms with Crippen molar-refractivity contribution in [2.24, 2.45) is 0 Å². The standard InChI is InChI=1S/C20H20FN3O2/c1-14(23-20(26)10-9-15-5-4-6-17(25)11-15)16-12-22-24(13-16)19-8-3-2-7-18(19)21/h2-8,11-14,25H,9-10H2,1H3,(H,23,26)/t14-/m1/s1. The van der Waals surface area contributed by atoms with Crippen molar-refractivity contribution in [2.45, 2.75) is 25.8 Å². The Hall–Kier alpha value is -3.15. The summed E-state index contributed by atoms with van der Waals surface area (Å²) in [5.74, 6) is -0.263. The minimum atomic E-state index is -0.357. The number of halogens is 1. The third kappa shape index (κ3) is 4.27. The number of benzene rings is 2. The molecule has 1 amide bonds. The molecule has 0 unspecified atom stereocenters. The van der Waals surface area contributed by atoms with Crippen LogP contribution in [-0.4, -0.2) is 20.8 Å². The Morgan fingerprint density at radius 1 is 1.27 bits per heavy atom. The number of phenolic OH excluding ortho intramolecular Hbond substituents is 1. The molecule has 0 fully saturated rings. The van der Waals surface area contributed by atoms with E-state index in [1.807, 2.05) is 13.0 Å². The van der Waals surface area contributed by atoms with Gasteiger partial charge in [0.2, 0.25) is 5.91 Å². The summed E-state index contributed by atoms with van der Waals surface area (Å²) in [7, 11) is 0. The van der Waals surface area contributed by atoms with Crippen LogP contribution in [0.15, 0.2) is 60.9 Å². The van der Waals surface area contributed by atoms with Gasteiger partial charge in [-0.3, -0.25) is 4.79 Å². The van der Waals surface area contributed by atoms with E-state index in [4.69, 9.17) is 0 Å². The van der Waals surface area contributed by atoms with Crippen molar-refractivity contribution in [3.8, 4) is 11.4 Å². The quantitative estimate of drug-likeness (QED) is 0.712. The largest absolute Gasteiger partial charge is 0.508 e. The Morgan fingerprint density at radius 2 is 2.08 bits per heavy atom. The molecule has 6 heteroatoms. The molecule has 1 aromatic heterocycles. The van der Waals surface area contributed by atoms with Crippen LogP contribution in [0.5, 0.6) is 5.75 Å². The number of nitrogens with zero attached hydrogens (tertiary/aromatic N) is 2. The summed E-state index contributed by atoms with van der Waals surface area (Å²) in [5, 5.41) is 16.5. The van der Waals surface area contributed by atoms with E-state index in [1.165, 1.54) is 10.7 Å². The van der Waals surface area contributed by atoms with Crippen LogP contribution in [0.25, 0.3) is 5.69 Å². The van der Waals surface area contributed by atoms with E-state index in [1.54, 1.807) is 48.8 Å². The van der Waals surface area contributed by atoms with Crippen LogP contribution in [0.2, 0.25) is 0 Å². The van der Waals surface area contributed by atoms with Gasteiger partial charge in [0.15, 0.2) is 0 Å². The summed E-state index contributed by atoms with van der Waals surface area (Å²) in [6.45, 7) is 1.86. The number of hydrogen-bond donors (Lipinski definition) is 2. The van der Waals surface area contributed by atoms with Gasteiger partial charge >= 0.3 is 0 Å². The molecule has 2 aromatic carbocycles. The molecule has 26 heavy (non-hydrogen) atoms. The summed E-state index contributed by atoms with van der Waals surface area (Å²) in [5.41, 5.74) is 2.06. The van der Waals surface area contributed by atoms with Gasteiger partial charge in [-0.1, -0.05) is 24.3 Å². The number of amides is 1. The van der Waals surface area contributed by atoms with Gasteiger partial charge in [-0.15, -0.1) is 0 Å². The fourth-order valence-corrected chi connectivity index (χ4v) is 2.70. The molecule has 0 saturated carbocycles. The third-order valence-electron chi connectivity index (χ3n) is 4.13. The summed E-state index contributed by atoms with van der Waals surface area (Å²) >= 11 is 0. The number of para-hydroxylation sites is 1. The molecule has 0 aliphatic heterocycles. The van der Waals surface area contributed by atoms with Crippen molar-refractivity contribution >= 4 is 5.91 Å². The topological polar surface area (TPSA) is 67.2 Å². The van der Waals surface area contributed by atoms with E-state index in [2.05, 4.69) is 10.4 Å². The zero-order valence-electron chi connectivity index (χ0n) is 14.4. The second-order valence-corrected chi connectivity index (χ2v) is 6.13. The van der Waals surface area contributed by atoms with Crippen molar-refractivity contribution in [3.63, 3.8) is 0 Å². The number of carbonyl (C=O) groups excluding carboxylic acids is 1. The lowest BCUT2D eigenvalue weighted by molar-refractivity contribution is -0.121. The van der Waals surface area contributed by atoms with Crippen LogP contribution in [0, 0.1) is 5.82 Å². The Balaban J connectivity index is 1.59. The maximum absolute atomic E-state index is 13.8. The molecule has 134 valence electrons. The van der Waals surface area contributed by atoms with Gasteiger partial charge in [-0.25, -0.2) is 9.07 Å². The Bertz CT molecular complexity index is 907. The molecule has 0 aliphatic carbocycles. The highest BCUT2D eigenvalue weighted by Crippen LogP contribution is 2.17. The van der Waals surface area contributed by atoms with Crippen LogP contribution in [0.1, 0.15) is 30.5 Å². The number of aromatic hydroxyl groups is 1. The van der Waals surface area contributed by atoms with Gasteiger partial charge in [0.1, 0.15) is 17.3 Å².